The van der Waals surface area contributed by atoms with E-state index in [-0.39, 0.29) is 17.3 Å². The number of nitrogens with one attached hydrogen (secondary N) is 1. The lowest BCUT2D eigenvalue weighted by atomic mass is 10.2. The molecular formula is C13H17ClN2O4S. The summed E-state index contributed by atoms with van der Waals surface area (Å²) in [5.74, 6) is 0. The van der Waals surface area contributed by atoms with Crippen LogP contribution in [0, 0.1) is 0 Å². The van der Waals surface area contributed by atoms with E-state index < -0.39 is 15.6 Å². The summed E-state index contributed by atoms with van der Waals surface area (Å²) in [6, 6.07) is 7.26. The third-order valence-electron chi connectivity index (χ3n) is 2.98. The molecule has 0 aliphatic rings. The fourth-order valence-electron chi connectivity index (χ4n) is 1.78. The van der Waals surface area contributed by atoms with Crippen LogP contribution in [0.25, 0.3) is 11.0 Å². The number of likely N-dealkylation sites (N-methyl/N-ethyl adjacent to an activating group) is 2. The van der Waals surface area contributed by atoms with E-state index in [2.05, 4.69) is 5.32 Å². The maximum absolute atomic E-state index is 12.4. The van der Waals surface area contributed by atoms with Gasteiger partial charge in [0.2, 0.25) is 10.0 Å². The summed E-state index contributed by atoms with van der Waals surface area (Å²) in [4.78, 5) is 11.3. The van der Waals surface area contributed by atoms with Crippen LogP contribution in [-0.4, -0.2) is 39.9 Å². The van der Waals surface area contributed by atoms with Crippen molar-refractivity contribution in [2.75, 3.05) is 27.2 Å². The maximum atomic E-state index is 12.4. The van der Waals surface area contributed by atoms with Crippen LogP contribution in [-0.2, 0) is 10.0 Å². The average molecular weight is 333 g/mol. The standard InChI is InChI=1S/C13H16N2O4S.ClH/c1-14-7-8-15(2)20(17,18)11-4-5-12-10(9-11)3-6-13(16)19-12;/h3-6,9,14H,7-8H2,1-2H3;1H. The third-order valence-corrected chi connectivity index (χ3v) is 4.83. The lowest BCUT2D eigenvalue weighted by molar-refractivity contribution is 0.466. The monoisotopic (exact) mass is 332 g/mol. The van der Waals surface area contributed by atoms with Crippen LogP contribution in [0.4, 0.5) is 0 Å². The molecule has 6 nitrogen and oxygen atoms in total. The Hall–Kier alpha value is -1.41. The molecule has 0 unspecified atom stereocenters. The zero-order valence-electron chi connectivity index (χ0n) is 11.7. The third kappa shape index (κ3) is 3.82. The molecular weight excluding hydrogens is 316 g/mol. The van der Waals surface area contributed by atoms with Gasteiger partial charge in [-0.3, -0.25) is 0 Å². The number of halogens is 1. The Morgan fingerprint density at radius 3 is 2.62 bits per heavy atom. The predicted octanol–water partition coefficient (Wildman–Crippen LogP) is 1.05. The first-order chi connectivity index (χ1) is 9.45. The van der Waals surface area contributed by atoms with E-state index in [0.29, 0.717) is 24.1 Å². The van der Waals surface area contributed by atoms with Gasteiger partial charge in [0.25, 0.3) is 0 Å². The van der Waals surface area contributed by atoms with Crippen molar-refractivity contribution in [2.45, 2.75) is 4.90 Å². The van der Waals surface area contributed by atoms with Crippen molar-refractivity contribution in [3.63, 3.8) is 0 Å². The highest BCUT2D eigenvalue weighted by Gasteiger charge is 2.20. The van der Waals surface area contributed by atoms with E-state index in [0.717, 1.165) is 0 Å². The summed E-state index contributed by atoms with van der Waals surface area (Å²) in [5.41, 5.74) is -0.0893. The number of fused-ring (bicyclic) bond motifs is 1. The Bertz CT molecular complexity index is 773. The lowest BCUT2D eigenvalue weighted by Gasteiger charge is -2.17. The minimum absolute atomic E-state index is 0. The molecule has 8 heteroatoms. The molecule has 21 heavy (non-hydrogen) atoms. The smallest absolute Gasteiger partial charge is 0.336 e. The molecule has 2 aromatic rings. The first-order valence-corrected chi connectivity index (χ1v) is 7.54. The van der Waals surface area contributed by atoms with Crippen LogP contribution in [0.15, 0.2) is 44.4 Å². The molecule has 0 fully saturated rings. The van der Waals surface area contributed by atoms with Crippen LogP contribution in [0.3, 0.4) is 0 Å². The van der Waals surface area contributed by atoms with Gasteiger partial charge in [-0.25, -0.2) is 13.2 Å². The largest absolute Gasteiger partial charge is 0.423 e. The van der Waals surface area contributed by atoms with Gasteiger partial charge >= 0.3 is 5.63 Å². The van der Waals surface area contributed by atoms with Crippen molar-refractivity contribution in [3.8, 4) is 0 Å². The minimum atomic E-state index is -3.54. The van der Waals surface area contributed by atoms with Crippen molar-refractivity contribution in [1.29, 1.82) is 0 Å². The van der Waals surface area contributed by atoms with Gasteiger partial charge in [0.1, 0.15) is 5.58 Å². The molecule has 0 aliphatic carbocycles. The molecule has 1 aromatic heterocycles. The molecule has 1 N–H and O–H groups in total. The number of benzene rings is 1. The molecule has 0 bridgehead atoms. The van der Waals surface area contributed by atoms with Crippen molar-refractivity contribution < 1.29 is 12.8 Å². The molecule has 2 rings (SSSR count). The number of hydrogen-bond donors (Lipinski definition) is 1. The topological polar surface area (TPSA) is 79.6 Å². The van der Waals surface area contributed by atoms with Gasteiger partial charge in [-0.1, -0.05) is 0 Å². The van der Waals surface area contributed by atoms with Crippen molar-refractivity contribution in [2.24, 2.45) is 0 Å². The summed E-state index contributed by atoms with van der Waals surface area (Å²) in [6.07, 6.45) is 0. The Labute approximate surface area is 129 Å². The fraction of sp³-hybridized carbons (Fsp3) is 0.308. The molecule has 0 aliphatic heterocycles. The summed E-state index contributed by atoms with van der Waals surface area (Å²) in [6.45, 7) is 0.943. The van der Waals surface area contributed by atoms with Gasteiger partial charge in [0, 0.05) is 31.6 Å². The number of sulfonamides is 1. The Morgan fingerprint density at radius 1 is 1.24 bits per heavy atom. The molecule has 116 valence electrons. The normalized spacial score (nSPS) is 11.6. The average Bonchev–Trinajstić information content (AvgIpc) is 2.43. The Morgan fingerprint density at radius 2 is 1.95 bits per heavy atom. The highest BCUT2D eigenvalue weighted by molar-refractivity contribution is 7.89. The van der Waals surface area contributed by atoms with Crippen LogP contribution < -0.4 is 10.9 Å². The van der Waals surface area contributed by atoms with E-state index in [9.17, 15) is 13.2 Å². The number of nitrogens with zero attached hydrogens (tertiary/aromatic N) is 1. The molecule has 0 saturated carbocycles. The predicted molar refractivity (Wildman–Crippen MR) is 83.5 cm³/mol. The summed E-state index contributed by atoms with van der Waals surface area (Å²) < 4.78 is 31.0. The van der Waals surface area contributed by atoms with E-state index in [4.69, 9.17) is 4.42 Å². The highest BCUT2D eigenvalue weighted by Crippen LogP contribution is 2.20. The summed E-state index contributed by atoms with van der Waals surface area (Å²) in [5, 5.41) is 3.48. The quantitative estimate of drug-likeness (QED) is 0.828. The molecule has 1 heterocycles. The lowest BCUT2D eigenvalue weighted by Crippen LogP contribution is -2.32. The van der Waals surface area contributed by atoms with E-state index >= 15 is 0 Å². The fourth-order valence-corrected chi connectivity index (χ4v) is 2.99. The van der Waals surface area contributed by atoms with Gasteiger partial charge < -0.3 is 9.73 Å². The second-order valence-electron chi connectivity index (χ2n) is 4.38. The first kappa shape index (κ1) is 17.6. The minimum Gasteiger partial charge on any atom is -0.423 e. The van der Waals surface area contributed by atoms with Crippen molar-refractivity contribution in [3.05, 3.63) is 40.8 Å². The summed E-state index contributed by atoms with van der Waals surface area (Å²) in [7, 11) is -0.247. The molecule has 0 spiro atoms. The second kappa shape index (κ2) is 7.04. The van der Waals surface area contributed by atoms with Gasteiger partial charge in [0.15, 0.2) is 0 Å². The van der Waals surface area contributed by atoms with Gasteiger partial charge in [-0.15, -0.1) is 12.4 Å². The highest BCUT2D eigenvalue weighted by atomic mass is 35.5. The maximum Gasteiger partial charge on any atom is 0.336 e. The zero-order valence-corrected chi connectivity index (χ0v) is 13.3. The van der Waals surface area contributed by atoms with Crippen molar-refractivity contribution in [1.82, 2.24) is 9.62 Å². The molecule has 0 radical (unpaired) electrons. The SMILES string of the molecule is CNCCN(C)S(=O)(=O)c1ccc2oc(=O)ccc2c1.Cl. The zero-order chi connectivity index (χ0) is 14.8. The molecule has 0 atom stereocenters. The van der Waals surface area contributed by atoms with Crippen molar-refractivity contribution >= 4 is 33.4 Å². The molecule has 0 saturated heterocycles. The van der Waals surface area contributed by atoms with E-state index in [1.165, 1.54) is 35.6 Å². The molecule has 0 amide bonds. The summed E-state index contributed by atoms with van der Waals surface area (Å²) >= 11 is 0. The van der Waals surface area contributed by atoms with Gasteiger partial charge in [-0.2, -0.15) is 4.31 Å². The van der Waals surface area contributed by atoms with Crippen LogP contribution in [0.2, 0.25) is 0 Å². The first-order valence-electron chi connectivity index (χ1n) is 6.10. The number of rotatable bonds is 5. The van der Waals surface area contributed by atoms with E-state index in [1.807, 2.05) is 0 Å². The van der Waals surface area contributed by atoms with Gasteiger partial charge in [-0.05, 0) is 31.3 Å². The second-order valence-corrected chi connectivity index (χ2v) is 6.43. The van der Waals surface area contributed by atoms with E-state index in [1.54, 1.807) is 13.1 Å². The van der Waals surface area contributed by atoms with Gasteiger partial charge in [0.05, 0.1) is 4.90 Å². The van der Waals surface area contributed by atoms with Crippen LogP contribution in [0.5, 0.6) is 0 Å². The van der Waals surface area contributed by atoms with Crippen LogP contribution in [0.1, 0.15) is 0 Å². The number of hydrogen-bond acceptors (Lipinski definition) is 5. The van der Waals surface area contributed by atoms with Crippen LogP contribution >= 0.6 is 12.4 Å². The Balaban J connectivity index is 0.00000220. The molecule has 1 aromatic carbocycles. The Kier molecular flexibility index (Phi) is 5.91.